The highest BCUT2D eigenvalue weighted by atomic mass is 16.2. The van der Waals surface area contributed by atoms with Crippen molar-refractivity contribution in [3.05, 3.63) is 42.5 Å². The van der Waals surface area contributed by atoms with Crippen LogP contribution in [0.4, 0.5) is 22.1 Å². The average Bonchev–Trinajstić information content (AvgIpc) is 2.65. The van der Waals surface area contributed by atoms with Crippen molar-refractivity contribution in [2.75, 3.05) is 16.8 Å². The molecule has 1 heterocycles. The molecule has 2 amide bonds. The number of urea groups is 1. The Hall–Kier alpha value is -2.63. The number of benzene rings is 1. The first-order chi connectivity index (χ1) is 12.3. The zero-order valence-corrected chi connectivity index (χ0v) is 14.6. The largest absolute Gasteiger partial charge is 0.335 e. The van der Waals surface area contributed by atoms with Crippen molar-refractivity contribution in [2.45, 2.75) is 45.1 Å². The van der Waals surface area contributed by atoms with Gasteiger partial charge in [0.1, 0.15) is 0 Å². The van der Waals surface area contributed by atoms with E-state index in [-0.39, 0.29) is 12.1 Å². The Kier molecular flexibility index (Phi) is 5.82. The molecule has 0 aliphatic heterocycles. The fourth-order valence-corrected chi connectivity index (χ4v) is 3.21. The molecule has 25 heavy (non-hydrogen) atoms. The quantitative estimate of drug-likeness (QED) is 0.861. The van der Waals surface area contributed by atoms with Gasteiger partial charge in [-0.15, -0.1) is 10.2 Å². The van der Waals surface area contributed by atoms with Gasteiger partial charge in [-0.05, 0) is 44.0 Å². The second-order valence-electron chi connectivity index (χ2n) is 6.29. The van der Waals surface area contributed by atoms with E-state index >= 15 is 0 Å². The SMILES string of the molecule is CCN(c1ccccc1)c1ccc(NC(=O)NC2CCCCC2)nn1. The van der Waals surface area contributed by atoms with Gasteiger partial charge in [0.25, 0.3) is 0 Å². The predicted molar refractivity (Wildman–Crippen MR) is 100 cm³/mol. The molecule has 0 unspecified atom stereocenters. The van der Waals surface area contributed by atoms with Crippen LogP contribution >= 0.6 is 0 Å². The van der Waals surface area contributed by atoms with E-state index in [1.165, 1.54) is 19.3 Å². The first kappa shape index (κ1) is 17.2. The average molecular weight is 339 g/mol. The Morgan fingerprint density at radius 1 is 1.08 bits per heavy atom. The van der Waals surface area contributed by atoms with Gasteiger partial charge in [-0.25, -0.2) is 4.79 Å². The van der Waals surface area contributed by atoms with Crippen molar-refractivity contribution in [3.8, 4) is 0 Å². The maximum absolute atomic E-state index is 12.1. The number of rotatable bonds is 5. The third-order valence-corrected chi connectivity index (χ3v) is 4.49. The summed E-state index contributed by atoms with van der Waals surface area (Å²) in [5, 5.41) is 14.2. The Balaban J connectivity index is 1.60. The van der Waals surface area contributed by atoms with E-state index in [1.54, 1.807) is 6.07 Å². The Morgan fingerprint density at radius 3 is 2.48 bits per heavy atom. The van der Waals surface area contributed by atoms with E-state index < -0.39 is 0 Å². The molecule has 0 bridgehead atoms. The fourth-order valence-electron chi connectivity index (χ4n) is 3.21. The molecule has 1 aromatic heterocycles. The molecule has 3 rings (SSSR count). The number of anilines is 3. The van der Waals surface area contributed by atoms with Crippen LogP contribution in [-0.4, -0.2) is 28.8 Å². The monoisotopic (exact) mass is 339 g/mol. The summed E-state index contributed by atoms with van der Waals surface area (Å²) in [6.07, 6.45) is 5.75. The molecule has 1 aliphatic rings. The lowest BCUT2D eigenvalue weighted by atomic mass is 9.96. The van der Waals surface area contributed by atoms with Gasteiger partial charge in [0.05, 0.1) is 0 Å². The van der Waals surface area contributed by atoms with E-state index in [2.05, 4.69) is 32.7 Å². The minimum absolute atomic E-state index is 0.204. The Labute approximate surface area is 148 Å². The molecule has 6 nitrogen and oxygen atoms in total. The van der Waals surface area contributed by atoms with Crippen LogP contribution in [0, 0.1) is 0 Å². The second kappa shape index (κ2) is 8.46. The van der Waals surface area contributed by atoms with Crippen molar-refractivity contribution in [3.63, 3.8) is 0 Å². The van der Waals surface area contributed by atoms with Crippen LogP contribution in [0.1, 0.15) is 39.0 Å². The highest BCUT2D eigenvalue weighted by molar-refractivity contribution is 5.88. The number of aromatic nitrogens is 2. The van der Waals surface area contributed by atoms with Crippen LogP contribution in [0.3, 0.4) is 0 Å². The van der Waals surface area contributed by atoms with E-state index in [0.717, 1.165) is 30.9 Å². The predicted octanol–water partition coefficient (Wildman–Crippen LogP) is 4.09. The highest BCUT2D eigenvalue weighted by Gasteiger charge is 2.16. The van der Waals surface area contributed by atoms with Gasteiger partial charge < -0.3 is 10.2 Å². The third kappa shape index (κ3) is 4.68. The summed E-state index contributed by atoms with van der Waals surface area (Å²) in [6.45, 7) is 2.85. The summed E-state index contributed by atoms with van der Waals surface area (Å²) in [4.78, 5) is 14.1. The summed E-state index contributed by atoms with van der Waals surface area (Å²) < 4.78 is 0. The minimum atomic E-state index is -0.204. The number of carbonyl (C=O) groups is 1. The van der Waals surface area contributed by atoms with Crippen LogP contribution in [0.15, 0.2) is 42.5 Å². The van der Waals surface area contributed by atoms with Crippen molar-refractivity contribution < 1.29 is 4.79 Å². The van der Waals surface area contributed by atoms with Crippen LogP contribution < -0.4 is 15.5 Å². The smallest absolute Gasteiger partial charge is 0.320 e. The van der Waals surface area contributed by atoms with E-state index in [4.69, 9.17) is 0 Å². The third-order valence-electron chi connectivity index (χ3n) is 4.49. The molecule has 0 atom stereocenters. The topological polar surface area (TPSA) is 70.2 Å². The van der Waals surface area contributed by atoms with Crippen LogP contribution in [0.25, 0.3) is 0 Å². The molecular weight excluding hydrogens is 314 g/mol. The number of nitrogens with zero attached hydrogens (tertiary/aromatic N) is 3. The Morgan fingerprint density at radius 2 is 1.84 bits per heavy atom. The normalized spacial score (nSPS) is 14.8. The van der Waals surface area contributed by atoms with Crippen molar-refractivity contribution in [1.82, 2.24) is 15.5 Å². The maximum atomic E-state index is 12.1. The van der Waals surface area contributed by atoms with Crippen molar-refractivity contribution in [1.29, 1.82) is 0 Å². The van der Waals surface area contributed by atoms with Gasteiger partial charge >= 0.3 is 6.03 Å². The number of nitrogens with one attached hydrogen (secondary N) is 2. The molecule has 1 fully saturated rings. The Bertz CT molecular complexity index is 668. The number of carbonyl (C=O) groups excluding carboxylic acids is 1. The summed E-state index contributed by atoms with van der Waals surface area (Å²) in [6, 6.07) is 13.8. The molecule has 6 heteroatoms. The zero-order chi connectivity index (χ0) is 17.5. The number of para-hydroxylation sites is 1. The first-order valence-electron chi connectivity index (χ1n) is 9.00. The lowest BCUT2D eigenvalue weighted by Gasteiger charge is -2.23. The van der Waals surface area contributed by atoms with Crippen molar-refractivity contribution >= 4 is 23.4 Å². The highest BCUT2D eigenvalue weighted by Crippen LogP contribution is 2.22. The molecule has 2 aromatic rings. The van der Waals surface area contributed by atoms with Gasteiger partial charge in [-0.2, -0.15) is 0 Å². The lowest BCUT2D eigenvalue weighted by molar-refractivity contribution is 0.244. The molecule has 0 saturated heterocycles. The molecule has 0 spiro atoms. The first-order valence-corrected chi connectivity index (χ1v) is 9.00. The van der Waals surface area contributed by atoms with Crippen LogP contribution in [-0.2, 0) is 0 Å². The zero-order valence-electron chi connectivity index (χ0n) is 14.6. The molecule has 2 N–H and O–H groups in total. The molecule has 0 radical (unpaired) electrons. The van der Waals surface area contributed by atoms with E-state index in [9.17, 15) is 4.79 Å². The summed E-state index contributed by atoms with van der Waals surface area (Å²) in [5.74, 6) is 1.22. The van der Waals surface area contributed by atoms with E-state index in [1.807, 2.05) is 36.4 Å². The fraction of sp³-hybridized carbons (Fsp3) is 0.421. The lowest BCUT2D eigenvalue weighted by Crippen LogP contribution is -2.39. The van der Waals surface area contributed by atoms with E-state index in [0.29, 0.717) is 5.82 Å². The number of hydrogen-bond donors (Lipinski definition) is 2. The standard InChI is InChI=1S/C19H25N5O/c1-2-24(16-11-7-4-8-12-16)18-14-13-17(22-23-18)21-19(25)20-15-9-5-3-6-10-15/h4,7-8,11-15H,2-3,5-6,9-10H2,1H3,(H2,20,21,22,25). The van der Waals surface area contributed by atoms with Gasteiger partial charge in [-0.3, -0.25) is 5.32 Å². The van der Waals surface area contributed by atoms with Gasteiger partial charge in [-0.1, -0.05) is 37.5 Å². The molecule has 1 saturated carbocycles. The van der Waals surface area contributed by atoms with Gasteiger partial charge in [0.15, 0.2) is 11.6 Å². The molecule has 132 valence electrons. The second-order valence-corrected chi connectivity index (χ2v) is 6.29. The number of amides is 2. The molecular formula is C19H25N5O. The van der Waals surface area contributed by atoms with Crippen LogP contribution in [0.2, 0.25) is 0 Å². The number of hydrogen-bond acceptors (Lipinski definition) is 4. The molecule has 1 aliphatic carbocycles. The van der Waals surface area contributed by atoms with Crippen LogP contribution in [0.5, 0.6) is 0 Å². The summed E-state index contributed by atoms with van der Waals surface area (Å²) in [5.41, 5.74) is 1.06. The maximum Gasteiger partial charge on any atom is 0.320 e. The summed E-state index contributed by atoms with van der Waals surface area (Å²) in [7, 11) is 0. The van der Waals surface area contributed by atoms with Gasteiger partial charge in [0.2, 0.25) is 0 Å². The van der Waals surface area contributed by atoms with Gasteiger partial charge in [0, 0.05) is 18.3 Å². The van der Waals surface area contributed by atoms with Crippen molar-refractivity contribution in [2.24, 2.45) is 0 Å². The minimum Gasteiger partial charge on any atom is -0.335 e. The summed E-state index contributed by atoms with van der Waals surface area (Å²) >= 11 is 0. The molecule has 1 aromatic carbocycles.